The minimum absolute atomic E-state index is 0.926. The highest BCUT2D eigenvalue weighted by Crippen LogP contribution is 2.13. The highest BCUT2D eigenvalue weighted by atomic mass is 32.1. The summed E-state index contributed by atoms with van der Waals surface area (Å²) in [5.74, 6) is 0.926. The maximum Gasteiger partial charge on any atom is 0.119 e. The molecule has 3 nitrogen and oxygen atoms in total. The molecule has 0 radical (unpaired) electrons. The minimum atomic E-state index is 0.926. The van der Waals surface area contributed by atoms with E-state index in [9.17, 15) is 0 Å². The van der Waals surface area contributed by atoms with Crippen LogP contribution in [0.2, 0.25) is 0 Å². The fourth-order valence-electron chi connectivity index (χ4n) is 2.22. The van der Waals surface area contributed by atoms with E-state index < -0.39 is 0 Å². The van der Waals surface area contributed by atoms with Crippen LogP contribution in [-0.4, -0.2) is 38.7 Å². The first-order valence-electron chi connectivity index (χ1n) is 7.31. The van der Waals surface area contributed by atoms with Gasteiger partial charge in [-0.25, -0.2) is 0 Å². The van der Waals surface area contributed by atoms with Gasteiger partial charge in [-0.15, -0.1) is 0 Å². The van der Waals surface area contributed by atoms with Gasteiger partial charge in [0.1, 0.15) is 5.75 Å². The number of nitrogens with one attached hydrogen (secondary N) is 1. The van der Waals surface area contributed by atoms with Crippen LogP contribution >= 0.6 is 11.3 Å². The van der Waals surface area contributed by atoms with Crippen molar-refractivity contribution in [2.45, 2.75) is 13.0 Å². The highest BCUT2D eigenvalue weighted by Gasteiger charge is 2.01. The Morgan fingerprint density at radius 1 is 1.19 bits per heavy atom. The monoisotopic (exact) mass is 304 g/mol. The average molecular weight is 304 g/mol. The van der Waals surface area contributed by atoms with Gasteiger partial charge in [-0.3, -0.25) is 0 Å². The molecule has 0 aliphatic rings. The van der Waals surface area contributed by atoms with Crippen LogP contribution in [0.15, 0.2) is 41.1 Å². The second kappa shape index (κ2) is 8.82. The van der Waals surface area contributed by atoms with Crippen molar-refractivity contribution in [3.05, 3.63) is 52.2 Å². The Labute approximate surface area is 131 Å². The quantitative estimate of drug-likeness (QED) is 0.721. The topological polar surface area (TPSA) is 24.5 Å². The van der Waals surface area contributed by atoms with Gasteiger partial charge < -0.3 is 15.0 Å². The van der Waals surface area contributed by atoms with E-state index in [0.29, 0.717) is 0 Å². The lowest BCUT2D eigenvalue weighted by atomic mass is 10.2. The lowest BCUT2D eigenvalue weighted by Gasteiger charge is -2.17. The van der Waals surface area contributed by atoms with Gasteiger partial charge in [-0.1, -0.05) is 12.1 Å². The first-order valence-corrected chi connectivity index (χ1v) is 8.25. The molecule has 114 valence electrons. The number of nitrogens with zero attached hydrogens (tertiary/aromatic N) is 1. The van der Waals surface area contributed by atoms with E-state index >= 15 is 0 Å². The van der Waals surface area contributed by atoms with E-state index in [1.165, 1.54) is 11.1 Å². The molecule has 0 amide bonds. The van der Waals surface area contributed by atoms with Crippen LogP contribution in [0.25, 0.3) is 0 Å². The Hall–Kier alpha value is -1.36. The average Bonchev–Trinajstić information content (AvgIpc) is 3.00. The fraction of sp³-hybridized carbons (Fsp3) is 0.412. The van der Waals surface area contributed by atoms with Crippen molar-refractivity contribution in [2.75, 3.05) is 33.8 Å². The van der Waals surface area contributed by atoms with Crippen LogP contribution in [0.1, 0.15) is 11.1 Å². The molecule has 1 N–H and O–H groups in total. The molecule has 0 aliphatic heterocycles. The summed E-state index contributed by atoms with van der Waals surface area (Å²) in [5.41, 5.74) is 2.72. The summed E-state index contributed by atoms with van der Waals surface area (Å²) in [6.45, 7) is 4.05. The molecule has 1 heterocycles. The van der Waals surface area contributed by atoms with Crippen LogP contribution in [0.5, 0.6) is 5.75 Å². The van der Waals surface area contributed by atoms with Crippen LogP contribution in [0, 0.1) is 0 Å². The lowest BCUT2D eigenvalue weighted by molar-refractivity contribution is 0.324. The summed E-state index contributed by atoms with van der Waals surface area (Å²) >= 11 is 1.77. The van der Waals surface area contributed by atoms with E-state index in [1.54, 1.807) is 18.4 Å². The summed E-state index contributed by atoms with van der Waals surface area (Å²) < 4.78 is 5.25. The van der Waals surface area contributed by atoms with Gasteiger partial charge in [-0.2, -0.15) is 11.3 Å². The molecule has 2 aromatic rings. The van der Waals surface area contributed by atoms with Gasteiger partial charge in [0.05, 0.1) is 7.11 Å². The van der Waals surface area contributed by atoms with Crippen molar-refractivity contribution >= 4 is 11.3 Å². The molecule has 21 heavy (non-hydrogen) atoms. The van der Waals surface area contributed by atoms with Gasteiger partial charge in [0.2, 0.25) is 0 Å². The van der Waals surface area contributed by atoms with Gasteiger partial charge in [0.15, 0.2) is 0 Å². The van der Waals surface area contributed by atoms with Gasteiger partial charge >= 0.3 is 0 Å². The second-order valence-corrected chi connectivity index (χ2v) is 6.00. The van der Waals surface area contributed by atoms with E-state index in [2.05, 4.69) is 46.2 Å². The van der Waals surface area contributed by atoms with Crippen molar-refractivity contribution in [3.63, 3.8) is 0 Å². The molecule has 1 aromatic carbocycles. The standard InChI is InChI=1S/C17H24N2OS/c1-19(13-16-4-3-5-17(12-16)20-2)10-9-18-8-6-15-7-11-21-14-15/h3-5,7,11-12,14,18H,6,8-10,13H2,1-2H3. The number of hydrogen-bond acceptors (Lipinski definition) is 4. The van der Waals surface area contributed by atoms with Gasteiger partial charge in [0, 0.05) is 19.6 Å². The molecular formula is C17H24N2OS. The Morgan fingerprint density at radius 3 is 2.86 bits per heavy atom. The Morgan fingerprint density at radius 2 is 2.10 bits per heavy atom. The van der Waals surface area contributed by atoms with Crippen LogP contribution in [0.4, 0.5) is 0 Å². The van der Waals surface area contributed by atoms with Crippen molar-refractivity contribution in [3.8, 4) is 5.75 Å². The predicted molar refractivity (Wildman–Crippen MR) is 90.2 cm³/mol. The number of rotatable bonds is 9. The fourth-order valence-corrected chi connectivity index (χ4v) is 2.93. The molecule has 0 spiro atoms. The maximum absolute atomic E-state index is 5.25. The molecule has 1 aromatic heterocycles. The molecule has 0 saturated heterocycles. The third kappa shape index (κ3) is 5.87. The number of ether oxygens (including phenoxy) is 1. The zero-order valence-corrected chi connectivity index (χ0v) is 13.7. The smallest absolute Gasteiger partial charge is 0.119 e. The van der Waals surface area contributed by atoms with Crippen molar-refractivity contribution in [2.24, 2.45) is 0 Å². The zero-order chi connectivity index (χ0) is 14.9. The summed E-state index contributed by atoms with van der Waals surface area (Å²) in [5, 5.41) is 7.86. The Bertz CT molecular complexity index is 513. The number of thiophene rings is 1. The number of likely N-dealkylation sites (N-methyl/N-ethyl adjacent to an activating group) is 1. The normalized spacial score (nSPS) is 11.0. The molecule has 2 rings (SSSR count). The molecule has 0 aliphatic carbocycles. The maximum atomic E-state index is 5.25. The molecule has 0 atom stereocenters. The summed E-state index contributed by atoms with van der Waals surface area (Å²) in [4.78, 5) is 2.33. The SMILES string of the molecule is COc1cccc(CN(C)CCNCCc2ccsc2)c1. The van der Waals surface area contributed by atoms with Crippen molar-refractivity contribution in [1.29, 1.82) is 0 Å². The molecule has 0 unspecified atom stereocenters. The van der Waals surface area contributed by atoms with Gasteiger partial charge in [-0.05, 0) is 60.1 Å². The van der Waals surface area contributed by atoms with Crippen LogP contribution < -0.4 is 10.1 Å². The zero-order valence-electron chi connectivity index (χ0n) is 12.8. The Kier molecular flexibility index (Phi) is 6.73. The van der Waals surface area contributed by atoms with E-state index in [-0.39, 0.29) is 0 Å². The molecule has 4 heteroatoms. The Balaban J connectivity index is 1.61. The molecular weight excluding hydrogens is 280 g/mol. The third-order valence-corrected chi connectivity index (χ3v) is 4.16. The van der Waals surface area contributed by atoms with Crippen molar-refractivity contribution in [1.82, 2.24) is 10.2 Å². The third-order valence-electron chi connectivity index (χ3n) is 3.43. The van der Waals surface area contributed by atoms with Gasteiger partial charge in [0.25, 0.3) is 0 Å². The lowest BCUT2D eigenvalue weighted by Crippen LogP contribution is -2.30. The summed E-state index contributed by atoms with van der Waals surface area (Å²) in [7, 11) is 3.86. The van der Waals surface area contributed by atoms with E-state index in [1.807, 2.05) is 12.1 Å². The van der Waals surface area contributed by atoms with E-state index in [4.69, 9.17) is 4.74 Å². The second-order valence-electron chi connectivity index (χ2n) is 5.22. The number of benzene rings is 1. The first kappa shape index (κ1) is 16.0. The number of methoxy groups -OCH3 is 1. The van der Waals surface area contributed by atoms with E-state index in [0.717, 1.165) is 38.3 Å². The largest absolute Gasteiger partial charge is 0.497 e. The molecule has 0 bridgehead atoms. The van der Waals surface area contributed by atoms with Crippen LogP contribution in [0.3, 0.4) is 0 Å². The molecule has 0 saturated carbocycles. The highest BCUT2D eigenvalue weighted by molar-refractivity contribution is 7.07. The minimum Gasteiger partial charge on any atom is -0.497 e. The van der Waals surface area contributed by atoms with Crippen LogP contribution in [-0.2, 0) is 13.0 Å². The first-order chi connectivity index (χ1) is 10.3. The predicted octanol–water partition coefficient (Wildman–Crippen LogP) is 3.02. The number of hydrogen-bond donors (Lipinski definition) is 1. The summed E-state index contributed by atoms with van der Waals surface area (Å²) in [6.07, 6.45) is 1.11. The summed E-state index contributed by atoms with van der Waals surface area (Å²) in [6, 6.07) is 10.5. The van der Waals surface area contributed by atoms with Crippen molar-refractivity contribution < 1.29 is 4.74 Å². The molecule has 0 fully saturated rings.